The molecule has 0 saturated carbocycles. The van der Waals surface area contributed by atoms with Crippen LogP contribution in [0.15, 0.2) is 0 Å². The number of methoxy groups -OCH3 is 1. The van der Waals surface area contributed by atoms with Crippen LogP contribution in [0, 0.1) is 0 Å². The van der Waals surface area contributed by atoms with Gasteiger partial charge in [0.2, 0.25) is 0 Å². The van der Waals surface area contributed by atoms with Crippen LogP contribution in [0.3, 0.4) is 0 Å². The zero-order valence-corrected chi connectivity index (χ0v) is 11.4. The molecule has 3 nitrogen and oxygen atoms in total. The number of nitrogens with one attached hydrogen (secondary N) is 1. The number of likely N-dealkylation sites (N-methyl/N-ethyl adjacent to an activating group) is 1. The Morgan fingerprint density at radius 3 is 2.75 bits per heavy atom. The van der Waals surface area contributed by atoms with Gasteiger partial charge in [-0.3, -0.25) is 4.90 Å². The monoisotopic (exact) mass is 228 g/mol. The Morgan fingerprint density at radius 1 is 1.50 bits per heavy atom. The van der Waals surface area contributed by atoms with Gasteiger partial charge in [-0.1, -0.05) is 13.3 Å². The van der Waals surface area contributed by atoms with Crippen molar-refractivity contribution < 1.29 is 4.74 Å². The molecule has 0 aromatic rings. The second kappa shape index (κ2) is 6.58. The summed E-state index contributed by atoms with van der Waals surface area (Å²) < 4.78 is 5.22. The number of ether oxygens (including phenoxy) is 1. The van der Waals surface area contributed by atoms with Gasteiger partial charge in [0.05, 0.1) is 6.61 Å². The number of hydrogen-bond donors (Lipinski definition) is 1. The third-order valence-electron chi connectivity index (χ3n) is 3.77. The highest BCUT2D eigenvalue weighted by molar-refractivity contribution is 4.95. The molecule has 3 heteroatoms. The fraction of sp³-hybridized carbons (Fsp3) is 1.00. The van der Waals surface area contributed by atoms with Crippen LogP contribution in [0.1, 0.15) is 39.5 Å². The maximum absolute atomic E-state index is 5.22. The summed E-state index contributed by atoms with van der Waals surface area (Å²) in [4.78, 5) is 2.43. The summed E-state index contributed by atoms with van der Waals surface area (Å²) in [5, 5.41) is 3.72. The minimum absolute atomic E-state index is 0.367. The number of hydrogen-bond acceptors (Lipinski definition) is 3. The van der Waals surface area contributed by atoms with E-state index in [4.69, 9.17) is 4.74 Å². The molecule has 1 saturated heterocycles. The van der Waals surface area contributed by atoms with Gasteiger partial charge in [0.25, 0.3) is 0 Å². The molecule has 0 amide bonds. The maximum Gasteiger partial charge on any atom is 0.0615 e. The van der Waals surface area contributed by atoms with E-state index in [9.17, 15) is 0 Å². The van der Waals surface area contributed by atoms with Crippen molar-refractivity contribution in [3.05, 3.63) is 0 Å². The van der Waals surface area contributed by atoms with Gasteiger partial charge in [-0.15, -0.1) is 0 Å². The van der Waals surface area contributed by atoms with E-state index in [2.05, 4.69) is 31.1 Å². The second-order valence-corrected chi connectivity index (χ2v) is 5.28. The first-order valence-corrected chi connectivity index (χ1v) is 6.58. The predicted octanol–water partition coefficient (Wildman–Crippen LogP) is 1.88. The van der Waals surface area contributed by atoms with Gasteiger partial charge in [0.15, 0.2) is 0 Å². The summed E-state index contributed by atoms with van der Waals surface area (Å²) in [6, 6.07) is 0.501. The molecule has 2 unspecified atom stereocenters. The fourth-order valence-corrected chi connectivity index (χ4v) is 2.78. The first-order chi connectivity index (χ1) is 7.63. The second-order valence-electron chi connectivity index (χ2n) is 5.28. The molecule has 2 atom stereocenters. The average molecular weight is 228 g/mol. The third-order valence-corrected chi connectivity index (χ3v) is 3.77. The maximum atomic E-state index is 5.22. The average Bonchev–Trinajstić information content (AvgIpc) is 2.67. The highest BCUT2D eigenvalue weighted by Crippen LogP contribution is 2.26. The van der Waals surface area contributed by atoms with Crippen LogP contribution >= 0.6 is 0 Å². The van der Waals surface area contributed by atoms with Gasteiger partial charge in [0.1, 0.15) is 0 Å². The molecular formula is C13H28N2O. The Balaban J connectivity index is 2.47. The highest BCUT2D eigenvalue weighted by Gasteiger charge is 2.34. The van der Waals surface area contributed by atoms with Gasteiger partial charge < -0.3 is 10.1 Å². The Labute approximate surface area is 101 Å². The lowest BCUT2D eigenvalue weighted by molar-refractivity contribution is 0.0942. The van der Waals surface area contributed by atoms with E-state index in [1.54, 1.807) is 7.11 Å². The standard InChI is InChI=1S/C13H28N2O/c1-5-7-13(8-6-9-14-13)11-15(3)12(2)10-16-4/h12,14H,5-11H2,1-4H3. The van der Waals surface area contributed by atoms with Gasteiger partial charge >= 0.3 is 0 Å². The van der Waals surface area contributed by atoms with Crippen LogP contribution in [0.2, 0.25) is 0 Å². The number of nitrogens with zero attached hydrogens (tertiary/aromatic N) is 1. The summed E-state index contributed by atoms with van der Waals surface area (Å²) in [5.41, 5.74) is 0.367. The summed E-state index contributed by atoms with van der Waals surface area (Å²) in [6.07, 6.45) is 5.20. The Hall–Kier alpha value is -0.120. The highest BCUT2D eigenvalue weighted by atomic mass is 16.5. The molecule has 0 spiro atoms. The molecule has 0 bridgehead atoms. The van der Waals surface area contributed by atoms with Crippen molar-refractivity contribution >= 4 is 0 Å². The van der Waals surface area contributed by atoms with Gasteiger partial charge in [-0.25, -0.2) is 0 Å². The molecule has 0 radical (unpaired) electrons. The van der Waals surface area contributed by atoms with E-state index in [1.807, 2.05) is 0 Å². The van der Waals surface area contributed by atoms with E-state index in [0.29, 0.717) is 11.6 Å². The quantitative estimate of drug-likeness (QED) is 0.720. The molecule has 1 fully saturated rings. The van der Waals surface area contributed by atoms with Crippen molar-refractivity contribution in [1.29, 1.82) is 0 Å². The largest absolute Gasteiger partial charge is 0.383 e. The molecule has 1 aliphatic heterocycles. The van der Waals surface area contributed by atoms with E-state index >= 15 is 0 Å². The fourth-order valence-electron chi connectivity index (χ4n) is 2.78. The van der Waals surface area contributed by atoms with E-state index in [-0.39, 0.29) is 0 Å². The topological polar surface area (TPSA) is 24.5 Å². The molecule has 0 aromatic heterocycles. The van der Waals surface area contributed by atoms with Gasteiger partial charge in [-0.2, -0.15) is 0 Å². The molecule has 1 heterocycles. The van der Waals surface area contributed by atoms with Crippen molar-refractivity contribution in [3.63, 3.8) is 0 Å². The van der Waals surface area contributed by atoms with E-state index in [0.717, 1.165) is 13.2 Å². The molecule has 0 aliphatic carbocycles. The van der Waals surface area contributed by atoms with E-state index < -0.39 is 0 Å². The first kappa shape index (κ1) is 13.9. The summed E-state index contributed by atoms with van der Waals surface area (Å²) in [6.45, 7) is 7.66. The molecule has 16 heavy (non-hydrogen) atoms. The van der Waals surface area contributed by atoms with Crippen molar-refractivity contribution in [3.8, 4) is 0 Å². The first-order valence-electron chi connectivity index (χ1n) is 6.58. The molecule has 0 aromatic carbocycles. The minimum Gasteiger partial charge on any atom is -0.383 e. The lowest BCUT2D eigenvalue weighted by Gasteiger charge is -2.36. The van der Waals surface area contributed by atoms with Crippen LogP contribution in [0.25, 0.3) is 0 Å². The predicted molar refractivity (Wildman–Crippen MR) is 68.8 cm³/mol. The Morgan fingerprint density at radius 2 is 2.25 bits per heavy atom. The minimum atomic E-state index is 0.367. The smallest absolute Gasteiger partial charge is 0.0615 e. The molecule has 1 rings (SSSR count). The van der Waals surface area contributed by atoms with Crippen molar-refractivity contribution in [2.75, 3.05) is 33.9 Å². The van der Waals surface area contributed by atoms with Crippen molar-refractivity contribution in [2.24, 2.45) is 0 Å². The summed E-state index contributed by atoms with van der Waals surface area (Å²) in [5.74, 6) is 0. The zero-order chi connectivity index (χ0) is 12.0. The third kappa shape index (κ3) is 3.72. The van der Waals surface area contributed by atoms with E-state index in [1.165, 1.54) is 32.2 Å². The Kier molecular flexibility index (Phi) is 5.73. The number of rotatable bonds is 7. The van der Waals surface area contributed by atoms with Crippen LogP contribution < -0.4 is 5.32 Å². The van der Waals surface area contributed by atoms with Crippen molar-refractivity contribution in [1.82, 2.24) is 10.2 Å². The van der Waals surface area contributed by atoms with Gasteiger partial charge in [-0.05, 0) is 39.8 Å². The van der Waals surface area contributed by atoms with Crippen LogP contribution in [-0.2, 0) is 4.74 Å². The molecular weight excluding hydrogens is 200 g/mol. The lowest BCUT2D eigenvalue weighted by atomic mass is 9.91. The molecule has 1 aliphatic rings. The lowest BCUT2D eigenvalue weighted by Crippen LogP contribution is -2.51. The van der Waals surface area contributed by atoms with Crippen LogP contribution in [0.4, 0.5) is 0 Å². The Bertz CT molecular complexity index is 190. The van der Waals surface area contributed by atoms with Crippen LogP contribution in [0.5, 0.6) is 0 Å². The normalized spacial score (nSPS) is 27.6. The zero-order valence-electron chi connectivity index (χ0n) is 11.4. The van der Waals surface area contributed by atoms with Crippen molar-refractivity contribution in [2.45, 2.75) is 51.1 Å². The molecule has 1 N–H and O–H groups in total. The van der Waals surface area contributed by atoms with Crippen LogP contribution in [-0.4, -0.2) is 50.3 Å². The molecule has 96 valence electrons. The summed E-state index contributed by atoms with van der Waals surface area (Å²) in [7, 11) is 3.99. The van der Waals surface area contributed by atoms with Gasteiger partial charge in [0, 0.05) is 25.2 Å². The SMILES string of the molecule is CCCC1(CN(C)C(C)COC)CCCN1. The summed E-state index contributed by atoms with van der Waals surface area (Å²) >= 11 is 0.